The minimum Gasteiger partial charge on any atom is -0.394 e. The van der Waals surface area contributed by atoms with Gasteiger partial charge in [-0.25, -0.2) is 0 Å². The van der Waals surface area contributed by atoms with Crippen LogP contribution in [0.2, 0.25) is 0 Å². The van der Waals surface area contributed by atoms with Crippen molar-refractivity contribution in [2.75, 3.05) is 43.1 Å². The van der Waals surface area contributed by atoms with Crippen molar-refractivity contribution in [3.8, 4) is 0 Å². The van der Waals surface area contributed by atoms with Crippen LogP contribution in [-0.4, -0.2) is 58.5 Å². The zero-order valence-corrected chi connectivity index (χ0v) is 14.6. The molecular formula is C12H18Cl3N5O2. The van der Waals surface area contributed by atoms with Crippen LogP contribution in [0.5, 0.6) is 0 Å². The molecule has 2 heterocycles. The predicted molar refractivity (Wildman–Crippen MR) is 86.9 cm³/mol. The van der Waals surface area contributed by atoms with E-state index in [1.807, 2.05) is 4.90 Å². The molecule has 0 radical (unpaired) electrons. The van der Waals surface area contributed by atoms with Gasteiger partial charge in [0, 0.05) is 13.1 Å². The second kappa shape index (κ2) is 6.88. The Labute approximate surface area is 143 Å². The van der Waals surface area contributed by atoms with Crippen molar-refractivity contribution in [1.29, 1.82) is 0 Å². The van der Waals surface area contributed by atoms with Gasteiger partial charge < -0.3 is 20.1 Å². The van der Waals surface area contributed by atoms with E-state index in [9.17, 15) is 5.11 Å². The van der Waals surface area contributed by atoms with E-state index < -0.39 is 9.33 Å². The monoisotopic (exact) mass is 369 g/mol. The zero-order chi connectivity index (χ0) is 16.4. The number of nitrogens with zero attached hydrogens (tertiary/aromatic N) is 4. The van der Waals surface area contributed by atoms with Crippen LogP contribution in [0.25, 0.3) is 0 Å². The van der Waals surface area contributed by atoms with Gasteiger partial charge in [0.15, 0.2) is 5.82 Å². The fourth-order valence-corrected chi connectivity index (χ4v) is 2.05. The summed E-state index contributed by atoms with van der Waals surface area (Å²) in [4.78, 5) is 14.7. The second-order valence-corrected chi connectivity index (χ2v) is 7.83. The average molecular weight is 371 g/mol. The first-order valence-electron chi connectivity index (χ1n) is 6.76. The molecule has 124 valence electrons. The first kappa shape index (κ1) is 17.7. The van der Waals surface area contributed by atoms with E-state index in [0.717, 1.165) is 0 Å². The van der Waals surface area contributed by atoms with Crippen molar-refractivity contribution >= 4 is 46.7 Å². The Kier molecular flexibility index (Phi) is 5.55. The molecular weight excluding hydrogens is 353 g/mol. The fourth-order valence-electron chi connectivity index (χ4n) is 1.79. The van der Waals surface area contributed by atoms with Crippen LogP contribution in [0, 0.1) is 0 Å². The summed E-state index contributed by atoms with van der Waals surface area (Å²) in [5.74, 6) is 0.693. The highest BCUT2D eigenvalue weighted by molar-refractivity contribution is 6.66. The topological polar surface area (TPSA) is 83.4 Å². The standard InChI is InChI=1S/C12H18Cl3N5O2/c1-11(2,7-21)19-9-16-8(12(13,14)15)17-10(18-9)20-3-5-22-6-4-20/h21H,3-7H2,1-2H3,(H,16,17,18,19). The van der Waals surface area contributed by atoms with Gasteiger partial charge in [0.25, 0.3) is 0 Å². The minimum atomic E-state index is -1.76. The van der Waals surface area contributed by atoms with Crippen LogP contribution in [0.15, 0.2) is 0 Å². The van der Waals surface area contributed by atoms with E-state index in [1.54, 1.807) is 13.8 Å². The summed E-state index contributed by atoms with van der Waals surface area (Å²) >= 11 is 17.7. The smallest absolute Gasteiger partial charge is 0.250 e. The molecule has 0 amide bonds. The van der Waals surface area contributed by atoms with Gasteiger partial charge in [0.2, 0.25) is 15.7 Å². The predicted octanol–water partition coefficient (Wildman–Crippen LogP) is 1.72. The number of anilines is 2. The Morgan fingerprint density at radius 3 is 2.36 bits per heavy atom. The minimum absolute atomic E-state index is 0.0326. The maximum atomic E-state index is 9.36. The first-order chi connectivity index (χ1) is 10.2. The molecule has 0 bridgehead atoms. The van der Waals surface area contributed by atoms with Crippen LogP contribution < -0.4 is 10.2 Å². The summed E-state index contributed by atoms with van der Waals surface area (Å²) in [5.41, 5.74) is -0.617. The molecule has 2 rings (SSSR count). The molecule has 1 aromatic heterocycles. The molecule has 0 spiro atoms. The Bertz CT molecular complexity index is 518. The van der Waals surface area contributed by atoms with Crippen LogP contribution in [-0.2, 0) is 8.53 Å². The Morgan fingerprint density at radius 2 is 1.82 bits per heavy atom. The van der Waals surface area contributed by atoms with Crippen LogP contribution in [0.3, 0.4) is 0 Å². The third kappa shape index (κ3) is 4.70. The van der Waals surface area contributed by atoms with Gasteiger partial charge in [-0.3, -0.25) is 0 Å². The number of ether oxygens (including phenoxy) is 1. The van der Waals surface area contributed by atoms with E-state index in [4.69, 9.17) is 39.5 Å². The third-order valence-corrected chi connectivity index (χ3v) is 3.52. The SMILES string of the molecule is CC(C)(CO)Nc1nc(N2CCOCC2)nc(C(Cl)(Cl)Cl)n1. The molecule has 1 saturated heterocycles. The quantitative estimate of drug-likeness (QED) is 0.781. The summed E-state index contributed by atoms with van der Waals surface area (Å²) in [6.07, 6.45) is 0. The molecule has 1 aliphatic heterocycles. The molecule has 0 aromatic carbocycles. The van der Waals surface area contributed by atoms with Gasteiger partial charge in [0.1, 0.15) is 0 Å². The van der Waals surface area contributed by atoms with E-state index in [2.05, 4.69) is 20.3 Å². The van der Waals surface area contributed by atoms with Crippen LogP contribution in [0.4, 0.5) is 11.9 Å². The number of nitrogens with one attached hydrogen (secondary N) is 1. The molecule has 0 aliphatic carbocycles. The first-order valence-corrected chi connectivity index (χ1v) is 7.90. The number of aromatic nitrogens is 3. The van der Waals surface area contributed by atoms with E-state index >= 15 is 0 Å². The van der Waals surface area contributed by atoms with Crippen LogP contribution in [0.1, 0.15) is 19.7 Å². The summed E-state index contributed by atoms with van der Waals surface area (Å²) < 4.78 is 3.55. The fraction of sp³-hybridized carbons (Fsp3) is 0.750. The highest BCUT2D eigenvalue weighted by Crippen LogP contribution is 2.36. The van der Waals surface area contributed by atoms with Crippen molar-refractivity contribution in [1.82, 2.24) is 15.0 Å². The van der Waals surface area contributed by atoms with Crippen molar-refractivity contribution in [2.24, 2.45) is 0 Å². The summed E-state index contributed by atoms with van der Waals surface area (Å²) in [5, 5.41) is 12.4. The van der Waals surface area contributed by atoms with Gasteiger partial charge in [-0.05, 0) is 13.8 Å². The van der Waals surface area contributed by atoms with Crippen molar-refractivity contribution in [3.05, 3.63) is 5.82 Å². The molecule has 10 heteroatoms. The lowest BCUT2D eigenvalue weighted by atomic mass is 10.1. The number of aliphatic hydroxyl groups excluding tert-OH is 1. The summed E-state index contributed by atoms with van der Waals surface area (Å²) in [7, 11) is 0. The molecule has 0 atom stereocenters. The number of alkyl halides is 3. The van der Waals surface area contributed by atoms with Crippen molar-refractivity contribution < 1.29 is 9.84 Å². The molecule has 2 N–H and O–H groups in total. The maximum absolute atomic E-state index is 9.36. The molecule has 1 aliphatic rings. The van der Waals surface area contributed by atoms with Gasteiger partial charge in [-0.1, -0.05) is 34.8 Å². The average Bonchev–Trinajstić information content (AvgIpc) is 2.46. The largest absolute Gasteiger partial charge is 0.394 e. The van der Waals surface area contributed by atoms with Crippen molar-refractivity contribution in [2.45, 2.75) is 23.2 Å². The Hall–Kier alpha value is -0.600. The molecule has 22 heavy (non-hydrogen) atoms. The van der Waals surface area contributed by atoms with Gasteiger partial charge in [0.05, 0.1) is 25.4 Å². The number of morpholine rings is 1. The lowest BCUT2D eigenvalue weighted by Crippen LogP contribution is -2.39. The van der Waals surface area contributed by atoms with Gasteiger partial charge >= 0.3 is 0 Å². The Balaban J connectivity index is 2.36. The van der Waals surface area contributed by atoms with E-state index in [-0.39, 0.29) is 18.4 Å². The second-order valence-electron chi connectivity index (χ2n) is 5.55. The van der Waals surface area contributed by atoms with Crippen LogP contribution >= 0.6 is 34.8 Å². The molecule has 1 fully saturated rings. The normalized spacial score (nSPS) is 16.7. The van der Waals surface area contributed by atoms with Gasteiger partial charge in [-0.2, -0.15) is 15.0 Å². The number of rotatable bonds is 4. The summed E-state index contributed by atoms with van der Waals surface area (Å²) in [6, 6.07) is 0. The number of halogens is 3. The number of hydrogen-bond donors (Lipinski definition) is 2. The lowest BCUT2D eigenvalue weighted by Gasteiger charge is -2.29. The van der Waals surface area contributed by atoms with E-state index in [0.29, 0.717) is 32.3 Å². The molecule has 7 nitrogen and oxygen atoms in total. The van der Waals surface area contributed by atoms with Crippen molar-refractivity contribution in [3.63, 3.8) is 0 Å². The molecule has 0 unspecified atom stereocenters. The highest BCUT2D eigenvalue weighted by atomic mass is 35.6. The number of hydrogen-bond acceptors (Lipinski definition) is 7. The molecule has 1 aromatic rings. The number of aliphatic hydroxyl groups is 1. The summed E-state index contributed by atoms with van der Waals surface area (Å²) in [6.45, 7) is 5.97. The highest BCUT2D eigenvalue weighted by Gasteiger charge is 2.30. The zero-order valence-electron chi connectivity index (χ0n) is 12.3. The van der Waals surface area contributed by atoms with Gasteiger partial charge in [-0.15, -0.1) is 0 Å². The Morgan fingerprint density at radius 1 is 1.18 bits per heavy atom. The third-order valence-electron chi connectivity index (χ3n) is 3.02. The lowest BCUT2D eigenvalue weighted by molar-refractivity contribution is 0.122. The maximum Gasteiger partial charge on any atom is 0.250 e. The van der Waals surface area contributed by atoms with E-state index in [1.165, 1.54) is 0 Å². The molecule has 0 saturated carbocycles.